The summed E-state index contributed by atoms with van der Waals surface area (Å²) in [6.07, 6.45) is 4.40. The van der Waals surface area contributed by atoms with Gasteiger partial charge in [-0.05, 0) is 31.0 Å². The topological polar surface area (TPSA) is 68.5 Å². The molecule has 6 heteroatoms. The molecule has 0 radical (unpaired) electrons. The lowest BCUT2D eigenvalue weighted by atomic mass is 10.2. The number of nitrogens with zero attached hydrogens (tertiary/aromatic N) is 3. The van der Waals surface area contributed by atoms with Crippen LogP contribution in [-0.2, 0) is 0 Å². The van der Waals surface area contributed by atoms with Gasteiger partial charge in [-0.2, -0.15) is 0 Å². The van der Waals surface area contributed by atoms with Gasteiger partial charge >= 0.3 is 11.8 Å². The summed E-state index contributed by atoms with van der Waals surface area (Å²) < 4.78 is 10.7. The zero-order chi connectivity index (χ0) is 15.4. The van der Waals surface area contributed by atoms with Gasteiger partial charge in [0.25, 0.3) is 0 Å². The van der Waals surface area contributed by atoms with Crippen LogP contribution in [0.3, 0.4) is 0 Å². The summed E-state index contributed by atoms with van der Waals surface area (Å²) in [7, 11) is 1.60. The number of rotatable bonds is 3. The summed E-state index contributed by atoms with van der Waals surface area (Å²) in [5.41, 5.74) is 0.738. The van der Waals surface area contributed by atoms with Crippen LogP contribution in [0, 0.1) is 0 Å². The number of hydrogen-bond acceptors (Lipinski definition) is 5. The van der Waals surface area contributed by atoms with Crippen LogP contribution in [0.15, 0.2) is 28.7 Å². The molecule has 6 nitrogen and oxygen atoms in total. The van der Waals surface area contributed by atoms with Crippen LogP contribution < -0.4 is 4.74 Å². The third-order valence-electron chi connectivity index (χ3n) is 3.82. The number of aromatic nitrogens is 2. The molecule has 1 aromatic heterocycles. The van der Waals surface area contributed by atoms with Crippen molar-refractivity contribution in [2.75, 3.05) is 20.2 Å². The van der Waals surface area contributed by atoms with E-state index in [2.05, 4.69) is 10.2 Å². The Bertz CT molecular complexity index is 646. The van der Waals surface area contributed by atoms with E-state index in [1.54, 1.807) is 18.1 Å². The van der Waals surface area contributed by atoms with Gasteiger partial charge in [0.1, 0.15) is 5.75 Å². The molecule has 1 fully saturated rings. The fraction of sp³-hybridized carbons (Fsp3) is 0.438. The molecule has 0 N–H and O–H groups in total. The van der Waals surface area contributed by atoms with Gasteiger partial charge in [-0.25, -0.2) is 0 Å². The molecule has 0 atom stereocenters. The largest absolute Gasteiger partial charge is 0.497 e. The van der Waals surface area contributed by atoms with E-state index >= 15 is 0 Å². The minimum absolute atomic E-state index is 0.0553. The average Bonchev–Trinajstić information content (AvgIpc) is 2.90. The van der Waals surface area contributed by atoms with Crippen molar-refractivity contribution in [2.24, 2.45) is 0 Å². The molecule has 1 amide bonds. The number of hydrogen-bond donors (Lipinski definition) is 0. The lowest BCUT2D eigenvalue weighted by molar-refractivity contribution is 0.0722. The molecule has 0 aliphatic carbocycles. The van der Waals surface area contributed by atoms with Crippen molar-refractivity contribution < 1.29 is 13.9 Å². The lowest BCUT2D eigenvalue weighted by Crippen LogP contribution is -2.32. The van der Waals surface area contributed by atoms with Crippen LogP contribution in [0.5, 0.6) is 5.75 Å². The van der Waals surface area contributed by atoms with Gasteiger partial charge in [-0.1, -0.05) is 18.9 Å². The molecule has 116 valence electrons. The fourth-order valence-corrected chi connectivity index (χ4v) is 2.59. The molecule has 1 saturated heterocycles. The fourth-order valence-electron chi connectivity index (χ4n) is 2.59. The second-order valence-electron chi connectivity index (χ2n) is 5.35. The number of methoxy groups -OCH3 is 1. The van der Waals surface area contributed by atoms with Crippen LogP contribution >= 0.6 is 0 Å². The van der Waals surface area contributed by atoms with E-state index in [0.717, 1.165) is 31.5 Å². The van der Waals surface area contributed by atoms with Crippen LogP contribution in [0.2, 0.25) is 0 Å². The predicted octanol–water partition coefficient (Wildman–Crippen LogP) is 2.76. The number of amides is 1. The smallest absolute Gasteiger partial charge is 0.311 e. The Labute approximate surface area is 129 Å². The van der Waals surface area contributed by atoms with Crippen LogP contribution in [-0.4, -0.2) is 41.2 Å². The normalized spacial score (nSPS) is 15.4. The van der Waals surface area contributed by atoms with Crippen LogP contribution in [0.25, 0.3) is 11.5 Å². The van der Waals surface area contributed by atoms with Crippen molar-refractivity contribution in [1.82, 2.24) is 15.1 Å². The third-order valence-corrected chi connectivity index (χ3v) is 3.82. The second-order valence-corrected chi connectivity index (χ2v) is 5.35. The highest BCUT2D eigenvalue weighted by atomic mass is 16.5. The average molecular weight is 301 g/mol. The standard InChI is InChI=1S/C16H19N3O3/c1-21-13-8-6-7-12(11-13)14-17-18-15(22-14)16(20)19-9-4-2-3-5-10-19/h6-8,11H,2-5,9-10H2,1H3. The molecule has 2 heterocycles. The van der Waals surface area contributed by atoms with Gasteiger partial charge in [0.15, 0.2) is 0 Å². The quantitative estimate of drug-likeness (QED) is 0.872. The Kier molecular flexibility index (Phi) is 4.37. The summed E-state index contributed by atoms with van der Waals surface area (Å²) in [6.45, 7) is 1.52. The predicted molar refractivity (Wildman–Crippen MR) is 80.7 cm³/mol. The maximum Gasteiger partial charge on any atom is 0.311 e. The summed E-state index contributed by atoms with van der Waals surface area (Å²) in [6, 6.07) is 7.32. The first-order valence-corrected chi connectivity index (χ1v) is 7.55. The Morgan fingerprint density at radius 3 is 2.68 bits per heavy atom. The van der Waals surface area contributed by atoms with Gasteiger partial charge in [-0.15, -0.1) is 10.2 Å². The van der Waals surface area contributed by atoms with Crippen LogP contribution in [0.4, 0.5) is 0 Å². The molecule has 1 aliphatic heterocycles. The first-order chi connectivity index (χ1) is 10.8. The van der Waals surface area contributed by atoms with Crippen LogP contribution in [0.1, 0.15) is 36.4 Å². The van der Waals surface area contributed by atoms with E-state index in [4.69, 9.17) is 9.15 Å². The van der Waals surface area contributed by atoms with E-state index < -0.39 is 0 Å². The van der Waals surface area contributed by atoms with E-state index in [1.807, 2.05) is 18.2 Å². The third kappa shape index (κ3) is 3.10. The highest BCUT2D eigenvalue weighted by Crippen LogP contribution is 2.23. The molecular formula is C16H19N3O3. The number of ether oxygens (including phenoxy) is 1. The highest BCUT2D eigenvalue weighted by Gasteiger charge is 2.23. The van der Waals surface area contributed by atoms with E-state index in [-0.39, 0.29) is 11.8 Å². The van der Waals surface area contributed by atoms with Crippen molar-refractivity contribution in [1.29, 1.82) is 0 Å². The molecule has 1 aromatic carbocycles. The summed E-state index contributed by atoms with van der Waals surface area (Å²) in [4.78, 5) is 14.2. The Morgan fingerprint density at radius 2 is 1.95 bits per heavy atom. The number of likely N-dealkylation sites (tertiary alicyclic amines) is 1. The molecule has 0 saturated carbocycles. The summed E-state index contributed by atoms with van der Waals surface area (Å²) in [5, 5.41) is 7.89. The Hall–Kier alpha value is -2.37. The molecular weight excluding hydrogens is 282 g/mol. The Balaban J connectivity index is 1.79. The van der Waals surface area contributed by atoms with Crippen molar-refractivity contribution >= 4 is 5.91 Å². The first kappa shape index (κ1) is 14.6. The van der Waals surface area contributed by atoms with Gasteiger partial charge in [0.05, 0.1) is 7.11 Å². The minimum Gasteiger partial charge on any atom is -0.497 e. The van der Waals surface area contributed by atoms with Crippen molar-refractivity contribution in [3.63, 3.8) is 0 Å². The number of carbonyl (C=O) groups is 1. The molecule has 1 aliphatic rings. The lowest BCUT2D eigenvalue weighted by Gasteiger charge is -2.17. The highest BCUT2D eigenvalue weighted by molar-refractivity contribution is 5.89. The second kappa shape index (κ2) is 6.60. The van der Waals surface area contributed by atoms with Gasteiger partial charge in [0.2, 0.25) is 5.89 Å². The zero-order valence-corrected chi connectivity index (χ0v) is 12.6. The zero-order valence-electron chi connectivity index (χ0n) is 12.6. The molecule has 2 aromatic rings. The minimum atomic E-state index is -0.177. The van der Waals surface area contributed by atoms with Gasteiger partial charge in [-0.3, -0.25) is 4.79 Å². The van der Waals surface area contributed by atoms with Crippen molar-refractivity contribution in [3.05, 3.63) is 30.2 Å². The van der Waals surface area contributed by atoms with Crippen molar-refractivity contribution in [2.45, 2.75) is 25.7 Å². The molecule has 0 spiro atoms. The maximum absolute atomic E-state index is 12.4. The molecule has 0 unspecified atom stereocenters. The van der Waals surface area contributed by atoms with E-state index in [1.165, 1.54) is 12.8 Å². The molecule has 3 rings (SSSR count). The number of carbonyl (C=O) groups excluding carboxylic acids is 1. The SMILES string of the molecule is COc1cccc(-c2nnc(C(=O)N3CCCCCC3)o2)c1. The summed E-state index contributed by atoms with van der Waals surface area (Å²) >= 11 is 0. The van der Waals surface area contributed by atoms with Gasteiger partial charge < -0.3 is 14.1 Å². The first-order valence-electron chi connectivity index (χ1n) is 7.55. The van der Waals surface area contributed by atoms with E-state index in [9.17, 15) is 4.79 Å². The van der Waals surface area contributed by atoms with Gasteiger partial charge in [0, 0.05) is 18.7 Å². The van der Waals surface area contributed by atoms with E-state index in [0.29, 0.717) is 11.6 Å². The van der Waals surface area contributed by atoms with Crippen molar-refractivity contribution in [3.8, 4) is 17.2 Å². The monoisotopic (exact) mass is 301 g/mol. The molecule has 0 bridgehead atoms. The number of benzene rings is 1. The maximum atomic E-state index is 12.4. The molecule has 22 heavy (non-hydrogen) atoms. The summed E-state index contributed by atoms with van der Waals surface area (Å²) in [5.74, 6) is 0.913. The Morgan fingerprint density at radius 1 is 1.18 bits per heavy atom.